The van der Waals surface area contributed by atoms with Crippen LogP contribution in [0.25, 0.3) is 11.1 Å². The van der Waals surface area contributed by atoms with Crippen molar-refractivity contribution in [2.75, 3.05) is 46.6 Å². The summed E-state index contributed by atoms with van der Waals surface area (Å²) in [5, 5.41) is 22.6. The molecule has 2 saturated heterocycles. The largest absolute Gasteiger partial charge is 0.496 e. The quantitative estimate of drug-likeness (QED) is 0.217. The third-order valence-electron chi connectivity index (χ3n) is 8.69. The number of aliphatic hydroxyl groups is 2. The molecule has 5 rings (SSSR count). The van der Waals surface area contributed by atoms with Gasteiger partial charge in [0.05, 0.1) is 24.2 Å². The highest BCUT2D eigenvalue weighted by atomic mass is 32.2. The van der Waals surface area contributed by atoms with Crippen LogP contribution in [-0.4, -0.2) is 87.2 Å². The topological polar surface area (TPSA) is 144 Å². The van der Waals surface area contributed by atoms with E-state index in [0.717, 1.165) is 17.2 Å². The maximum absolute atomic E-state index is 13.8. The number of hydrogen-bond donors (Lipinski definition) is 4. The molecule has 0 radical (unpaired) electrons. The van der Waals surface area contributed by atoms with Gasteiger partial charge in [-0.1, -0.05) is 36.4 Å². The Morgan fingerprint density at radius 1 is 1.13 bits per heavy atom. The van der Waals surface area contributed by atoms with Crippen LogP contribution in [0.5, 0.6) is 11.5 Å². The molecule has 5 N–H and O–H groups in total. The summed E-state index contributed by atoms with van der Waals surface area (Å²) in [6.45, 7) is 0.236. The van der Waals surface area contributed by atoms with Gasteiger partial charge in [-0.25, -0.2) is 8.42 Å². The number of nitrogens with two attached hydrogens (primary N) is 1. The summed E-state index contributed by atoms with van der Waals surface area (Å²) >= 11 is 0. The van der Waals surface area contributed by atoms with Crippen molar-refractivity contribution in [3.8, 4) is 22.6 Å². The van der Waals surface area contributed by atoms with E-state index in [0.29, 0.717) is 56.8 Å². The Hall–Kier alpha value is -3.17. The van der Waals surface area contributed by atoms with E-state index < -0.39 is 34.3 Å². The fourth-order valence-corrected chi connectivity index (χ4v) is 7.43. The van der Waals surface area contributed by atoms with Gasteiger partial charge in [-0.3, -0.25) is 0 Å². The first-order chi connectivity index (χ1) is 22.0. The molecule has 46 heavy (non-hydrogen) atoms. The zero-order valence-electron chi connectivity index (χ0n) is 25.7. The van der Waals surface area contributed by atoms with Crippen LogP contribution in [0.1, 0.15) is 30.4 Å². The molecule has 2 heterocycles. The number of nitrogens with one attached hydrogen (secondary N) is 1. The molecule has 2 atom stereocenters. The second-order valence-electron chi connectivity index (χ2n) is 11.8. The molecule has 10 nitrogen and oxygen atoms in total. The van der Waals surface area contributed by atoms with E-state index in [-0.39, 0.29) is 35.4 Å². The van der Waals surface area contributed by atoms with Crippen LogP contribution < -0.4 is 20.5 Å². The van der Waals surface area contributed by atoms with Gasteiger partial charge in [-0.2, -0.15) is 13.1 Å². The molecule has 0 aliphatic carbocycles. The van der Waals surface area contributed by atoms with E-state index in [1.54, 1.807) is 25.3 Å². The summed E-state index contributed by atoms with van der Waals surface area (Å²) in [5.74, 6) is -2.64. The van der Waals surface area contributed by atoms with Gasteiger partial charge < -0.3 is 35.5 Å². The number of nitrogens with zero attached hydrogens (tertiary/aromatic N) is 1. The highest BCUT2D eigenvalue weighted by Gasteiger charge is 2.45. The Morgan fingerprint density at radius 2 is 1.87 bits per heavy atom. The van der Waals surface area contributed by atoms with E-state index in [4.69, 9.17) is 25.1 Å². The number of alkyl halides is 2. The molecule has 2 fully saturated rings. The fraction of sp³-hybridized carbons (Fsp3) is 0.455. The molecule has 2 aliphatic rings. The number of ether oxygens (including phenoxy) is 3. The predicted octanol–water partition coefficient (Wildman–Crippen LogP) is 3.25. The van der Waals surface area contributed by atoms with Gasteiger partial charge in [0, 0.05) is 43.3 Å². The number of aliphatic hydroxyl groups excluding tert-OH is 2. The Balaban J connectivity index is 1.13. The molecular formula is C33H41F2N3O7S. The number of halogens is 2. The molecular weight excluding hydrogens is 620 g/mol. The maximum Gasteiger partial charge on any atom is 0.295 e. The Labute approximate surface area is 268 Å². The summed E-state index contributed by atoms with van der Waals surface area (Å²) in [5.41, 5.74) is 7.38. The molecule has 0 aromatic heterocycles. The molecule has 0 unspecified atom stereocenters. The van der Waals surface area contributed by atoms with Crippen molar-refractivity contribution in [1.29, 1.82) is 0 Å². The average molecular weight is 662 g/mol. The van der Waals surface area contributed by atoms with Crippen LogP contribution in [0.2, 0.25) is 0 Å². The lowest BCUT2D eigenvalue weighted by Crippen LogP contribution is -2.47. The molecule has 0 bridgehead atoms. The first-order valence-corrected chi connectivity index (χ1v) is 16.7. The Kier molecular flexibility index (Phi) is 10.6. The van der Waals surface area contributed by atoms with E-state index in [9.17, 15) is 22.3 Å². The lowest BCUT2D eigenvalue weighted by atomic mass is 9.88. The van der Waals surface area contributed by atoms with Crippen LogP contribution >= 0.6 is 0 Å². The van der Waals surface area contributed by atoms with Crippen molar-refractivity contribution >= 4 is 10.0 Å². The van der Waals surface area contributed by atoms with Crippen molar-refractivity contribution in [2.24, 2.45) is 5.73 Å². The third-order valence-corrected chi connectivity index (χ3v) is 10.6. The van der Waals surface area contributed by atoms with E-state index in [1.165, 1.54) is 22.5 Å². The minimum Gasteiger partial charge on any atom is -0.496 e. The van der Waals surface area contributed by atoms with Crippen molar-refractivity contribution < 1.29 is 41.6 Å². The normalized spacial score (nSPS) is 19.3. The van der Waals surface area contributed by atoms with E-state index >= 15 is 0 Å². The molecule has 2 aliphatic heterocycles. The van der Waals surface area contributed by atoms with Gasteiger partial charge in [0.15, 0.2) is 0 Å². The van der Waals surface area contributed by atoms with Gasteiger partial charge in [0.2, 0.25) is 10.0 Å². The zero-order chi connectivity index (χ0) is 33.0. The second-order valence-corrected chi connectivity index (χ2v) is 13.8. The van der Waals surface area contributed by atoms with Gasteiger partial charge in [-0.15, -0.1) is 0 Å². The molecule has 0 saturated carbocycles. The molecule has 1 spiro atoms. The lowest BCUT2D eigenvalue weighted by Gasteiger charge is -2.38. The highest BCUT2D eigenvalue weighted by Crippen LogP contribution is 2.39. The molecule has 0 amide bonds. The summed E-state index contributed by atoms with van der Waals surface area (Å²) in [6.07, 6.45) is 0.833. The predicted molar refractivity (Wildman–Crippen MR) is 168 cm³/mol. The number of rotatable bonds is 13. The molecule has 3 aromatic carbocycles. The molecule has 3 aromatic rings. The van der Waals surface area contributed by atoms with Crippen molar-refractivity contribution in [3.63, 3.8) is 0 Å². The van der Waals surface area contributed by atoms with Crippen LogP contribution in [0.15, 0.2) is 71.6 Å². The van der Waals surface area contributed by atoms with Crippen LogP contribution in [0.4, 0.5) is 8.78 Å². The Morgan fingerprint density at radius 3 is 2.54 bits per heavy atom. The van der Waals surface area contributed by atoms with Crippen molar-refractivity contribution in [3.05, 3.63) is 77.9 Å². The molecule has 250 valence electrons. The fourth-order valence-electron chi connectivity index (χ4n) is 5.96. The van der Waals surface area contributed by atoms with Gasteiger partial charge in [-0.05, 0) is 60.7 Å². The second kappa shape index (κ2) is 14.3. The number of benzene rings is 3. The first kappa shape index (κ1) is 34.2. The van der Waals surface area contributed by atoms with Crippen LogP contribution in [-0.2, 0) is 27.2 Å². The first-order valence-electron chi connectivity index (χ1n) is 15.2. The summed E-state index contributed by atoms with van der Waals surface area (Å²) in [4.78, 5) is 0.194. The minimum atomic E-state index is -3.77. The van der Waals surface area contributed by atoms with Gasteiger partial charge in [0.1, 0.15) is 30.8 Å². The summed E-state index contributed by atoms with van der Waals surface area (Å²) < 4.78 is 73.6. The maximum atomic E-state index is 13.8. The number of piperidine rings is 1. The van der Waals surface area contributed by atoms with E-state index in [1.807, 2.05) is 24.3 Å². The SMILES string of the molecule is COc1ccc(S(=O)(=O)N2CCC3(CC2)C[C@H](NC[C@H](O)COc2cccc(C(F)(F)CO)c2)CO3)cc1-c1ccc(CN)cc1. The van der Waals surface area contributed by atoms with E-state index in [2.05, 4.69) is 5.32 Å². The number of sulfonamides is 1. The van der Waals surface area contributed by atoms with Crippen molar-refractivity contribution in [2.45, 2.75) is 54.4 Å². The smallest absolute Gasteiger partial charge is 0.295 e. The lowest BCUT2D eigenvalue weighted by molar-refractivity contribution is -0.0557. The average Bonchev–Trinajstić information content (AvgIpc) is 3.48. The third kappa shape index (κ3) is 7.68. The molecule has 13 heteroatoms. The summed E-state index contributed by atoms with van der Waals surface area (Å²) in [6, 6.07) is 17.7. The van der Waals surface area contributed by atoms with Crippen LogP contribution in [0, 0.1) is 0 Å². The highest BCUT2D eigenvalue weighted by molar-refractivity contribution is 7.89. The van der Waals surface area contributed by atoms with Crippen molar-refractivity contribution in [1.82, 2.24) is 9.62 Å². The van der Waals surface area contributed by atoms with Gasteiger partial charge >= 0.3 is 0 Å². The zero-order valence-corrected chi connectivity index (χ0v) is 26.5. The summed E-state index contributed by atoms with van der Waals surface area (Å²) in [7, 11) is -2.22. The van der Waals surface area contributed by atoms with Gasteiger partial charge in [0.25, 0.3) is 5.92 Å². The minimum absolute atomic E-state index is 0.0424. The number of methoxy groups -OCH3 is 1. The Bertz CT molecular complexity index is 1580. The monoisotopic (exact) mass is 661 g/mol. The number of hydrogen-bond acceptors (Lipinski definition) is 9. The van der Waals surface area contributed by atoms with Crippen LogP contribution in [0.3, 0.4) is 0 Å². The standard InChI is InChI=1S/C33H41F2N3O7S/c1-43-31-10-9-29(16-30(31)24-7-5-23(18-36)6-8-24)46(41,42)38-13-11-32(12-14-38)17-26(20-45-32)37-19-27(40)21-44-28-4-2-3-25(15-28)33(34,35)22-39/h2-10,15-16,26-27,37,39-40H,11-14,17-22,36H2,1H3/t26-,27-/m0/s1.